The maximum atomic E-state index is 12.6. The largest absolute Gasteiger partial charge is 0.499 e. The van der Waals surface area contributed by atoms with Crippen molar-refractivity contribution in [1.82, 2.24) is 0 Å². The van der Waals surface area contributed by atoms with E-state index >= 15 is 0 Å². The third-order valence-electron chi connectivity index (χ3n) is 1.26. The van der Waals surface area contributed by atoms with Crippen molar-refractivity contribution in [2.75, 3.05) is 14.2 Å². The minimum absolute atomic E-state index is 0.726. The molecule has 0 saturated heterocycles. The van der Waals surface area contributed by atoms with E-state index in [1.165, 1.54) is 0 Å². The van der Waals surface area contributed by atoms with Crippen molar-refractivity contribution < 1.29 is 30.8 Å². The Labute approximate surface area is 79.8 Å². The van der Waals surface area contributed by atoms with Gasteiger partial charge in [-0.3, -0.25) is 0 Å². The van der Waals surface area contributed by atoms with Gasteiger partial charge >= 0.3 is 18.9 Å². The van der Waals surface area contributed by atoms with E-state index in [-0.39, 0.29) is 0 Å². The van der Waals surface area contributed by atoms with Gasteiger partial charge in [0.15, 0.2) is 0 Å². The second-order valence-electron chi connectivity index (χ2n) is 2.02. The highest BCUT2D eigenvalue weighted by molar-refractivity contribution is 9.25. The van der Waals surface area contributed by atoms with Gasteiger partial charge in [0.05, 0.1) is 0 Å². The van der Waals surface area contributed by atoms with Crippen molar-refractivity contribution >= 4 is 22.5 Å². The molecular weight excluding hydrogens is 283 g/mol. The lowest BCUT2D eigenvalue weighted by molar-refractivity contribution is -0.255. The molecule has 0 aromatic heterocycles. The Bertz CT molecular complexity index is 180. The first-order chi connectivity index (χ1) is 5.62. The van der Waals surface area contributed by atoms with Crippen LogP contribution in [0.5, 0.6) is 0 Å². The van der Waals surface area contributed by atoms with Crippen LogP contribution in [0.2, 0.25) is 0 Å². The Hall–Kier alpha value is 0.267. The molecule has 0 amide bonds. The zero-order chi connectivity index (χ0) is 10.9. The molecule has 0 bridgehead atoms. The van der Waals surface area contributed by atoms with E-state index in [0.29, 0.717) is 0 Å². The Balaban J connectivity index is 5.00. The quantitative estimate of drug-likeness (QED) is 0.451. The second-order valence-corrected chi connectivity index (χ2v) is 7.67. The van der Waals surface area contributed by atoms with Crippen LogP contribution in [0.3, 0.4) is 0 Å². The molecule has 2 nitrogen and oxygen atoms in total. The molecule has 13 heavy (non-hydrogen) atoms. The number of hydrogen-bond donors (Lipinski definition) is 0. The average molecular weight is 289 g/mol. The number of alkyl halides is 5. The summed E-state index contributed by atoms with van der Waals surface area (Å²) in [6, 6.07) is 0. The monoisotopic (exact) mass is 288 g/mol. The van der Waals surface area contributed by atoms with Crippen LogP contribution in [0.25, 0.3) is 0 Å². The lowest BCUT2D eigenvalue weighted by Crippen LogP contribution is -2.60. The molecule has 0 N–H and O–H groups in total. The van der Waals surface area contributed by atoms with Crippen molar-refractivity contribution in [3.63, 3.8) is 0 Å². The summed E-state index contributed by atoms with van der Waals surface area (Å²) in [5.41, 5.74) is -5.00. The van der Waals surface area contributed by atoms with Gasteiger partial charge in [0, 0.05) is 14.2 Å². The van der Waals surface area contributed by atoms with Crippen molar-refractivity contribution in [2.24, 2.45) is 0 Å². The standard InChI is InChI=1S/C4H6BrF5O2Si/c1-11-13(5,12-2)4(9,10)3(6,7)8/h1-2H3. The second kappa shape index (κ2) is 3.79. The van der Waals surface area contributed by atoms with Gasteiger partial charge < -0.3 is 8.85 Å². The summed E-state index contributed by atoms with van der Waals surface area (Å²) in [6.45, 7) is 0. The van der Waals surface area contributed by atoms with E-state index in [2.05, 4.69) is 24.1 Å². The van der Waals surface area contributed by atoms with Gasteiger partial charge in [-0.05, 0) is 0 Å². The SMILES string of the molecule is CO[Si](Br)(OC)C(F)(F)C(F)(F)F. The average Bonchev–Trinajstić information content (AvgIpc) is 2.00. The summed E-state index contributed by atoms with van der Waals surface area (Å²) in [6.07, 6.45) is -5.69. The Morgan fingerprint density at radius 2 is 1.31 bits per heavy atom. The first-order valence-corrected chi connectivity index (χ1v) is 6.93. The smallest absolute Gasteiger partial charge is 0.386 e. The fourth-order valence-corrected chi connectivity index (χ4v) is 2.20. The normalized spacial score (nSPS) is 14.8. The lowest BCUT2D eigenvalue weighted by atomic mass is 10.7. The molecule has 0 aliphatic rings. The summed E-state index contributed by atoms with van der Waals surface area (Å²) in [4.78, 5) is 0. The van der Waals surface area contributed by atoms with Crippen LogP contribution < -0.4 is 0 Å². The van der Waals surface area contributed by atoms with E-state index in [4.69, 9.17) is 0 Å². The van der Waals surface area contributed by atoms with Crippen LogP contribution in [0.4, 0.5) is 22.0 Å². The van der Waals surface area contributed by atoms with E-state index in [1.807, 2.05) is 0 Å². The Morgan fingerprint density at radius 3 is 1.38 bits per heavy atom. The fourth-order valence-electron chi connectivity index (χ4n) is 0.509. The highest BCUT2D eigenvalue weighted by atomic mass is 79.9. The molecule has 0 unspecified atom stereocenters. The maximum Gasteiger partial charge on any atom is 0.499 e. The van der Waals surface area contributed by atoms with E-state index in [0.717, 1.165) is 14.2 Å². The van der Waals surface area contributed by atoms with Gasteiger partial charge in [-0.25, -0.2) is 0 Å². The molecule has 0 saturated carbocycles. The number of rotatable bonds is 3. The summed E-state index contributed by atoms with van der Waals surface area (Å²) < 4.78 is 68.7. The minimum atomic E-state index is -5.69. The van der Waals surface area contributed by atoms with Gasteiger partial charge in [-0.2, -0.15) is 22.0 Å². The minimum Gasteiger partial charge on any atom is -0.386 e. The van der Waals surface area contributed by atoms with Crippen LogP contribution >= 0.6 is 15.3 Å². The molecular formula is C4H6BrF5O2Si. The summed E-state index contributed by atoms with van der Waals surface area (Å²) in [5, 5.41) is 0. The third kappa shape index (κ3) is 2.20. The topological polar surface area (TPSA) is 18.5 Å². The number of halogens is 6. The van der Waals surface area contributed by atoms with Crippen molar-refractivity contribution in [1.29, 1.82) is 0 Å². The van der Waals surface area contributed by atoms with Crippen LogP contribution in [0.15, 0.2) is 0 Å². The predicted octanol–water partition coefficient (Wildman–Crippen LogP) is 2.35. The first kappa shape index (κ1) is 13.3. The molecule has 9 heteroatoms. The van der Waals surface area contributed by atoms with Crippen molar-refractivity contribution in [3.8, 4) is 0 Å². The molecule has 0 aromatic carbocycles. The number of hydrogen-bond acceptors (Lipinski definition) is 2. The lowest BCUT2D eigenvalue weighted by Gasteiger charge is -2.30. The van der Waals surface area contributed by atoms with E-state index < -0.39 is 18.9 Å². The van der Waals surface area contributed by atoms with E-state index in [1.54, 1.807) is 0 Å². The highest BCUT2D eigenvalue weighted by Gasteiger charge is 2.74. The molecule has 0 heterocycles. The predicted molar refractivity (Wildman–Crippen MR) is 39.7 cm³/mol. The molecule has 0 atom stereocenters. The Morgan fingerprint density at radius 1 is 1.00 bits per heavy atom. The molecule has 0 fully saturated rings. The summed E-state index contributed by atoms with van der Waals surface area (Å²) >= 11 is 2.17. The molecule has 0 radical (unpaired) electrons. The van der Waals surface area contributed by atoms with Crippen LogP contribution in [0.1, 0.15) is 0 Å². The molecule has 80 valence electrons. The van der Waals surface area contributed by atoms with Crippen LogP contribution in [-0.4, -0.2) is 33.1 Å². The fraction of sp³-hybridized carbons (Fsp3) is 1.00. The van der Waals surface area contributed by atoms with E-state index in [9.17, 15) is 22.0 Å². The third-order valence-corrected chi connectivity index (χ3v) is 6.78. The van der Waals surface area contributed by atoms with Crippen molar-refractivity contribution in [2.45, 2.75) is 11.7 Å². The maximum absolute atomic E-state index is 12.6. The zero-order valence-electron chi connectivity index (χ0n) is 6.58. The van der Waals surface area contributed by atoms with Gasteiger partial charge in [-0.15, -0.1) is 0 Å². The molecule has 0 spiro atoms. The molecule has 0 aromatic rings. The summed E-state index contributed by atoms with van der Waals surface area (Å²) in [7, 11) is -3.25. The highest BCUT2D eigenvalue weighted by Crippen LogP contribution is 2.45. The van der Waals surface area contributed by atoms with Gasteiger partial charge in [0.2, 0.25) is 0 Å². The molecule has 0 aliphatic carbocycles. The molecule has 0 rings (SSSR count). The van der Waals surface area contributed by atoms with Crippen LogP contribution in [0, 0.1) is 0 Å². The Kier molecular flexibility index (Phi) is 3.87. The molecule has 0 aliphatic heterocycles. The van der Waals surface area contributed by atoms with Crippen LogP contribution in [-0.2, 0) is 8.85 Å². The van der Waals surface area contributed by atoms with Crippen molar-refractivity contribution in [3.05, 3.63) is 0 Å². The van der Waals surface area contributed by atoms with Gasteiger partial charge in [0.1, 0.15) is 0 Å². The zero-order valence-corrected chi connectivity index (χ0v) is 9.17. The first-order valence-electron chi connectivity index (χ1n) is 2.86. The van der Waals surface area contributed by atoms with Gasteiger partial charge in [0.25, 0.3) is 0 Å². The van der Waals surface area contributed by atoms with Gasteiger partial charge in [-0.1, -0.05) is 15.3 Å². The summed E-state index contributed by atoms with van der Waals surface area (Å²) in [5.74, 6) is 0.